The van der Waals surface area contributed by atoms with Gasteiger partial charge in [-0.25, -0.2) is 0 Å². The molecule has 0 saturated heterocycles. The molecular formula is C27H25ClN2O2. The third kappa shape index (κ3) is 3.43. The molecule has 0 spiro atoms. The van der Waals surface area contributed by atoms with Crippen LogP contribution in [0, 0.1) is 0 Å². The van der Waals surface area contributed by atoms with Gasteiger partial charge in [-0.15, -0.1) is 12.4 Å². The Labute approximate surface area is 193 Å². The van der Waals surface area contributed by atoms with Gasteiger partial charge in [0.25, 0.3) is 0 Å². The lowest BCUT2D eigenvalue weighted by atomic mass is 9.69. The van der Waals surface area contributed by atoms with Crippen molar-refractivity contribution in [3.63, 3.8) is 0 Å². The van der Waals surface area contributed by atoms with E-state index in [4.69, 9.17) is 11.5 Å². The molecule has 162 valence electrons. The maximum Gasteiger partial charge on any atom is 0.138 e. The second-order valence-corrected chi connectivity index (χ2v) is 8.32. The Balaban J connectivity index is 0.00000245. The van der Waals surface area contributed by atoms with Crippen LogP contribution in [0.4, 0.5) is 11.4 Å². The number of rotatable bonds is 4. The molecule has 1 aliphatic rings. The summed E-state index contributed by atoms with van der Waals surface area (Å²) in [7, 11) is 0. The van der Waals surface area contributed by atoms with Crippen molar-refractivity contribution in [1.29, 1.82) is 0 Å². The quantitative estimate of drug-likeness (QED) is 0.249. The van der Waals surface area contributed by atoms with Crippen molar-refractivity contribution in [2.75, 3.05) is 11.5 Å². The number of halogens is 1. The Morgan fingerprint density at radius 2 is 0.969 bits per heavy atom. The molecule has 4 nitrogen and oxygen atoms in total. The van der Waals surface area contributed by atoms with Crippen molar-refractivity contribution in [2.45, 2.75) is 18.3 Å². The molecule has 0 heterocycles. The van der Waals surface area contributed by atoms with E-state index in [9.17, 15) is 10.2 Å². The minimum Gasteiger partial charge on any atom is -0.506 e. The van der Waals surface area contributed by atoms with Crippen molar-refractivity contribution in [3.8, 4) is 22.6 Å². The van der Waals surface area contributed by atoms with Gasteiger partial charge < -0.3 is 21.7 Å². The highest BCUT2D eigenvalue weighted by Gasteiger charge is 2.44. The van der Waals surface area contributed by atoms with E-state index in [1.807, 2.05) is 48.5 Å². The molecule has 4 aromatic rings. The fraction of sp³-hybridized carbons (Fsp3) is 0.111. The summed E-state index contributed by atoms with van der Waals surface area (Å²) in [6.07, 6.45) is 1.41. The van der Waals surface area contributed by atoms with E-state index in [1.165, 1.54) is 11.1 Å². The second-order valence-electron chi connectivity index (χ2n) is 8.32. The van der Waals surface area contributed by atoms with E-state index in [1.54, 1.807) is 12.1 Å². The van der Waals surface area contributed by atoms with E-state index in [2.05, 4.69) is 24.3 Å². The van der Waals surface area contributed by atoms with Crippen LogP contribution in [0.3, 0.4) is 0 Å². The third-order valence-corrected chi connectivity index (χ3v) is 6.35. The number of phenolic OH excluding ortho intramolecular Hbond substituents is 2. The Bertz CT molecular complexity index is 1170. The molecule has 0 bridgehead atoms. The van der Waals surface area contributed by atoms with Gasteiger partial charge in [0.05, 0.1) is 11.4 Å². The van der Waals surface area contributed by atoms with E-state index in [-0.39, 0.29) is 23.9 Å². The molecule has 1 aliphatic carbocycles. The molecule has 0 amide bonds. The van der Waals surface area contributed by atoms with Gasteiger partial charge in [0.15, 0.2) is 0 Å². The Morgan fingerprint density at radius 1 is 0.594 bits per heavy atom. The number of hydrogen-bond donors (Lipinski definition) is 4. The summed E-state index contributed by atoms with van der Waals surface area (Å²) < 4.78 is 0. The van der Waals surface area contributed by atoms with Crippen LogP contribution < -0.4 is 11.5 Å². The molecule has 0 fully saturated rings. The molecule has 0 aromatic heterocycles. The molecule has 0 saturated carbocycles. The van der Waals surface area contributed by atoms with Gasteiger partial charge in [0, 0.05) is 5.41 Å². The SMILES string of the molecule is Cl.Nc1cc2c(cc1O)C(Cc1ccccc1)(Cc1ccccc1)c1cc(O)c(N)cc1-2. The first-order chi connectivity index (χ1) is 15.0. The summed E-state index contributed by atoms with van der Waals surface area (Å²) in [6, 6.07) is 27.8. The second kappa shape index (κ2) is 8.13. The zero-order valence-corrected chi connectivity index (χ0v) is 18.3. The highest BCUT2D eigenvalue weighted by atomic mass is 35.5. The maximum atomic E-state index is 10.5. The van der Waals surface area contributed by atoms with Gasteiger partial charge in [0.2, 0.25) is 0 Å². The smallest absolute Gasteiger partial charge is 0.138 e. The number of nitrogen functional groups attached to an aromatic ring is 2. The predicted molar refractivity (Wildman–Crippen MR) is 132 cm³/mol. The highest BCUT2D eigenvalue weighted by molar-refractivity contribution is 5.88. The van der Waals surface area contributed by atoms with Crippen LogP contribution in [0.15, 0.2) is 84.9 Å². The monoisotopic (exact) mass is 444 g/mol. The van der Waals surface area contributed by atoms with Gasteiger partial charge in [-0.2, -0.15) is 0 Å². The van der Waals surface area contributed by atoms with E-state index in [0.29, 0.717) is 24.2 Å². The van der Waals surface area contributed by atoms with Crippen LogP contribution in [0.5, 0.6) is 11.5 Å². The zero-order chi connectivity index (χ0) is 21.6. The summed E-state index contributed by atoms with van der Waals surface area (Å²) in [5.74, 6) is 0.128. The third-order valence-electron chi connectivity index (χ3n) is 6.35. The average molecular weight is 445 g/mol. The van der Waals surface area contributed by atoms with Gasteiger partial charge in [0.1, 0.15) is 11.5 Å². The molecular weight excluding hydrogens is 420 g/mol. The minimum absolute atomic E-state index is 0. The van der Waals surface area contributed by atoms with Crippen molar-refractivity contribution >= 4 is 23.8 Å². The molecule has 0 atom stereocenters. The fourth-order valence-electron chi connectivity index (χ4n) is 4.92. The largest absolute Gasteiger partial charge is 0.506 e. The van der Waals surface area contributed by atoms with Crippen LogP contribution in [0.25, 0.3) is 11.1 Å². The lowest BCUT2D eigenvalue weighted by molar-refractivity contribution is 0.465. The number of fused-ring (bicyclic) bond motifs is 3. The lowest BCUT2D eigenvalue weighted by Gasteiger charge is -2.33. The number of hydrogen-bond acceptors (Lipinski definition) is 4. The Hall–Kier alpha value is -3.63. The molecule has 0 aliphatic heterocycles. The summed E-state index contributed by atoms with van der Waals surface area (Å²) in [4.78, 5) is 0. The van der Waals surface area contributed by atoms with Crippen molar-refractivity contribution in [2.24, 2.45) is 0 Å². The number of phenols is 2. The van der Waals surface area contributed by atoms with E-state index in [0.717, 1.165) is 22.3 Å². The standard InChI is InChI=1S/C27H24N2O2.ClH/c28-23-11-19-20-12-24(29)26(31)14-22(20)27(21(19)13-25(23)30,15-17-7-3-1-4-8-17)16-18-9-5-2-6-10-18;/h1-14,30-31H,15-16,28-29H2;1H. The van der Waals surface area contributed by atoms with Gasteiger partial charge in [-0.3, -0.25) is 0 Å². The highest BCUT2D eigenvalue weighted by Crippen LogP contribution is 2.55. The summed E-state index contributed by atoms with van der Waals surface area (Å²) in [6.45, 7) is 0. The number of anilines is 2. The van der Waals surface area contributed by atoms with Crippen molar-refractivity contribution in [1.82, 2.24) is 0 Å². The zero-order valence-electron chi connectivity index (χ0n) is 17.5. The maximum absolute atomic E-state index is 10.5. The average Bonchev–Trinajstić information content (AvgIpc) is 2.99. The topological polar surface area (TPSA) is 92.5 Å². The normalized spacial score (nSPS) is 13.1. The Morgan fingerprint density at radius 3 is 1.34 bits per heavy atom. The van der Waals surface area contributed by atoms with Crippen LogP contribution in [-0.2, 0) is 18.3 Å². The molecule has 6 N–H and O–H groups in total. The Kier molecular flexibility index (Phi) is 5.49. The first kappa shape index (κ1) is 21.6. The summed E-state index contributed by atoms with van der Waals surface area (Å²) in [5.41, 5.74) is 18.5. The molecule has 5 rings (SSSR count). The van der Waals surface area contributed by atoms with Crippen LogP contribution in [0.1, 0.15) is 22.3 Å². The number of nitrogens with two attached hydrogens (primary N) is 2. The fourth-order valence-corrected chi connectivity index (χ4v) is 4.92. The van der Waals surface area contributed by atoms with Crippen LogP contribution >= 0.6 is 12.4 Å². The van der Waals surface area contributed by atoms with Crippen LogP contribution in [0.2, 0.25) is 0 Å². The molecule has 5 heteroatoms. The molecule has 32 heavy (non-hydrogen) atoms. The first-order valence-electron chi connectivity index (χ1n) is 10.3. The number of benzene rings is 4. The summed E-state index contributed by atoms with van der Waals surface area (Å²) >= 11 is 0. The van der Waals surface area contributed by atoms with E-state index >= 15 is 0 Å². The molecule has 0 unspecified atom stereocenters. The summed E-state index contributed by atoms with van der Waals surface area (Å²) in [5, 5.41) is 21.1. The predicted octanol–water partition coefficient (Wildman–Crippen LogP) is 5.44. The van der Waals surface area contributed by atoms with Crippen molar-refractivity contribution in [3.05, 3.63) is 107 Å². The van der Waals surface area contributed by atoms with Gasteiger partial charge >= 0.3 is 0 Å². The molecule has 0 radical (unpaired) electrons. The lowest BCUT2D eigenvalue weighted by Crippen LogP contribution is -2.31. The minimum atomic E-state index is -0.496. The van der Waals surface area contributed by atoms with Crippen LogP contribution in [-0.4, -0.2) is 10.2 Å². The number of aromatic hydroxyl groups is 2. The van der Waals surface area contributed by atoms with Gasteiger partial charge in [-0.1, -0.05) is 60.7 Å². The van der Waals surface area contributed by atoms with Crippen molar-refractivity contribution < 1.29 is 10.2 Å². The first-order valence-corrected chi connectivity index (χ1v) is 10.3. The molecule has 4 aromatic carbocycles. The van der Waals surface area contributed by atoms with E-state index < -0.39 is 5.41 Å². The van der Waals surface area contributed by atoms with Gasteiger partial charge in [-0.05, 0) is 70.5 Å².